The molecule has 0 spiro atoms. The van der Waals surface area contributed by atoms with E-state index in [1.807, 2.05) is 0 Å². The molecule has 1 saturated heterocycles. The zero-order valence-corrected chi connectivity index (χ0v) is 4.33. The van der Waals surface area contributed by atoms with E-state index in [0.717, 1.165) is 5.06 Å². The van der Waals surface area contributed by atoms with Crippen molar-refractivity contribution >= 4 is 6.29 Å². The minimum absolute atomic E-state index is 0.420. The van der Waals surface area contributed by atoms with Crippen molar-refractivity contribution < 1.29 is 4.79 Å². The summed E-state index contributed by atoms with van der Waals surface area (Å²) in [5.41, 5.74) is 0. The molecule has 1 fully saturated rings. The topological polar surface area (TPSA) is 55.4 Å². The van der Waals surface area contributed by atoms with E-state index < -0.39 is 6.17 Å². The first-order valence-electron chi connectivity index (χ1n) is 2.47. The molecule has 0 aromatic rings. The molecule has 4 heteroatoms. The van der Waals surface area contributed by atoms with Crippen molar-refractivity contribution in [1.82, 2.24) is 10.4 Å². The minimum Gasteiger partial charge on any atom is -0.784 e. The van der Waals surface area contributed by atoms with Crippen LogP contribution in [0.3, 0.4) is 0 Å². The largest absolute Gasteiger partial charge is 0.784 e. The first-order valence-corrected chi connectivity index (χ1v) is 2.47. The van der Waals surface area contributed by atoms with Gasteiger partial charge in [-0.1, -0.05) is 0 Å². The number of hydroxylamine groups is 2. The van der Waals surface area contributed by atoms with Gasteiger partial charge >= 0.3 is 0 Å². The van der Waals surface area contributed by atoms with E-state index in [-0.39, 0.29) is 0 Å². The molecule has 1 heterocycles. The summed E-state index contributed by atoms with van der Waals surface area (Å²) in [6.07, 6.45) is 0.0231. The lowest BCUT2D eigenvalue weighted by atomic mass is 10.6. The fraction of sp³-hybridized carbons (Fsp3) is 0.750. The van der Waals surface area contributed by atoms with E-state index in [2.05, 4.69) is 5.32 Å². The normalized spacial score (nSPS) is 30.9. The van der Waals surface area contributed by atoms with Crippen LogP contribution in [-0.4, -0.2) is 30.6 Å². The molecule has 46 valence electrons. The van der Waals surface area contributed by atoms with Crippen molar-refractivity contribution in [2.75, 3.05) is 13.1 Å². The Morgan fingerprint density at radius 1 is 1.88 bits per heavy atom. The Kier molecular flexibility index (Phi) is 1.57. The third-order valence-electron chi connectivity index (χ3n) is 1.12. The van der Waals surface area contributed by atoms with Gasteiger partial charge in [-0.2, -0.15) is 0 Å². The van der Waals surface area contributed by atoms with E-state index in [0.29, 0.717) is 19.4 Å². The quantitative estimate of drug-likeness (QED) is 0.441. The molecule has 1 atom stereocenters. The third kappa shape index (κ3) is 0.861. The highest BCUT2D eigenvalue weighted by Crippen LogP contribution is 1.95. The van der Waals surface area contributed by atoms with Crippen LogP contribution in [0.1, 0.15) is 0 Å². The first kappa shape index (κ1) is 5.68. The molecule has 0 amide bonds. The highest BCUT2D eigenvalue weighted by atomic mass is 16.5. The average molecular weight is 115 g/mol. The predicted octanol–water partition coefficient (Wildman–Crippen LogP) is -1.09. The van der Waals surface area contributed by atoms with Gasteiger partial charge < -0.3 is 15.1 Å². The van der Waals surface area contributed by atoms with E-state index in [4.69, 9.17) is 0 Å². The molecule has 1 N–H and O–H groups in total. The van der Waals surface area contributed by atoms with Gasteiger partial charge in [-0.15, -0.1) is 0 Å². The van der Waals surface area contributed by atoms with Gasteiger partial charge in [0.05, 0.1) is 0 Å². The van der Waals surface area contributed by atoms with Crippen molar-refractivity contribution in [1.29, 1.82) is 0 Å². The second-order valence-corrected chi connectivity index (χ2v) is 1.68. The molecule has 0 aromatic carbocycles. The Morgan fingerprint density at radius 2 is 2.62 bits per heavy atom. The van der Waals surface area contributed by atoms with Crippen LogP contribution in [-0.2, 0) is 4.79 Å². The van der Waals surface area contributed by atoms with Crippen molar-refractivity contribution in [3.05, 3.63) is 5.21 Å². The number of nitrogens with zero attached hydrogens (tertiary/aromatic N) is 1. The lowest BCUT2D eigenvalue weighted by molar-refractivity contribution is -0.111. The molecular formula is C4H7N2O2-. The van der Waals surface area contributed by atoms with Crippen LogP contribution < -0.4 is 5.32 Å². The molecule has 1 aliphatic heterocycles. The summed E-state index contributed by atoms with van der Waals surface area (Å²) >= 11 is 0. The summed E-state index contributed by atoms with van der Waals surface area (Å²) in [7, 11) is 0. The lowest BCUT2D eigenvalue weighted by Crippen LogP contribution is -2.32. The molecule has 8 heavy (non-hydrogen) atoms. The van der Waals surface area contributed by atoms with Crippen LogP contribution in [0.2, 0.25) is 0 Å². The minimum atomic E-state index is -0.588. The maximum absolute atomic E-state index is 10.4. The van der Waals surface area contributed by atoms with Crippen molar-refractivity contribution in [3.8, 4) is 0 Å². The third-order valence-corrected chi connectivity index (χ3v) is 1.12. The predicted molar refractivity (Wildman–Crippen MR) is 27.9 cm³/mol. The van der Waals surface area contributed by atoms with E-state index in [1.165, 1.54) is 0 Å². The van der Waals surface area contributed by atoms with Crippen LogP contribution >= 0.6 is 0 Å². The first-order chi connectivity index (χ1) is 3.84. The number of rotatable bonds is 1. The maximum Gasteiger partial charge on any atom is 0.150 e. The van der Waals surface area contributed by atoms with Crippen molar-refractivity contribution in [3.63, 3.8) is 0 Å². The molecule has 0 radical (unpaired) electrons. The molecule has 0 aromatic heterocycles. The van der Waals surface area contributed by atoms with Gasteiger partial charge in [0.25, 0.3) is 0 Å². The molecule has 0 saturated carbocycles. The fourth-order valence-electron chi connectivity index (χ4n) is 0.680. The summed E-state index contributed by atoms with van der Waals surface area (Å²) in [5.74, 6) is 0. The van der Waals surface area contributed by atoms with Crippen molar-refractivity contribution in [2.24, 2.45) is 0 Å². The van der Waals surface area contributed by atoms with E-state index in [9.17, 15) is 10.0 Å². The molecule has 1 unspecified atom stereocenters. The Bertz CT molecular complexity index is 96.0. The number of nitrogens with one attached hydrogen (secondary N) is 1. The fourth-order valence-corrected chi connectivity index (χ4v) is 0.680. The highest BCUT2D eigenvalue weighted by Gasteiger charge is 2.13. The van der Waals surface area contributed by atoms with Gasteiger partial charge in [-0.05, 0) is 6.54 Å². The number of carbonyl (C=O) groups is 1. The summed E-state index contributed by atoms with van der Waals surface area (Å²) in [4.78, 5) is 9.91. The summed E-state index contributed by atoms with van der Waals surface area (Å²) in [6, 6.07) is 0. The van der Waals surface area contributed by atoms with Crippen LogP contribution in [0.25, 0.3) is 0 Å². The zero-order chi connectivity index (χ0) is 5.98. The van der Waals surface area contributed by atoms with Crippen LogP contribution in [0.15, 0.2) is 0 Å². The zero-order valence-electron chi connectivity index (χ0n) is 4.33. The van der Waals surface area contributed by atoms with E-state index >= 15 is 0 Å². The molecule has 1 rings (SSSR count). The summed E-state index contributed by atoms with van der Waals surface area (Å²) in [6.45, 7) is 1.04. The summed E-state index contributed by atoms with van der Waals surface area (Å²) in [5, 5.41) is 13.9. The maximum atomic E-state index is 10.4. The van der Waals surface area contributed by atoms with Gasteiger partial charge in [0.1, 0.15) is 6.17 Å². The smallest absolute Gasteiger partial charge is 0.150 e. The van der Waals surface area contributed by atoms with Crippen LogP contribution in [0.4, 0.5) is 0 Å². The van der Waals surface area contributed by atoms with Crippen molar-refractivity contribution in [2.45, 2.75) is 6.17 Å². The molecule has 0 bridgehead atoms. The van der Waals surface area contributed by atoms with Gasteiger partial charge in [0.2, 0.25) is 0 Å². The lowest BCUT2D eigenvalue weighted by Gasteiger charge is -2.24. The molecular weight excluding hydrogens is 108 g/mol. The number of hydrogen-bond donors (Lipinski definition) is 1. The Morgan fingerprint density at radius 3 is 2.88 bits per heavy atom. The Labute approximate surface area is 47.0 Å². The second kappa shape index (κ2) is 2.21. The van der Waals surface area contributed by atoms with Gasteiger partial charge in [0, 0.05) is 6.54 Å². The van der Waals surface area contributed by atoms with Gasteiger partial charge in [0.15, 0.2) is 6.29 Å². The van der Waals surface area contributed by atoms with Gasteiger partial charge in [-0.25, -0.2) is 0 Å². The number of aldehydes is 1. The average Bonchev–Trinajstić information content (AvgIpc) is 2.14. The van der Waals surface area contributed by atoms with E-state index in [1.54, 1.807) is 0 Å². The molecule has 4 nitrogen and oxygen atoms in total. The van der Waals surface area contributed by atoms with Crippen LogP contribution in [0.5, 0.6) is 0 Å². The Balaban J connectivity index is 2.41. The standard InChI is InChI=1S/C4H7N2O2/c7-3-4-5-1-2-6(4)8/h3-5H,1-2H2/q-1. The summed E-state index contributed by atoms with van der Waals surface area (Å²) < 4.78 is 0. The number of carbonyl (C=O) groups excluding carboxylic acids is 1. The molecule has 1 aliphatic rings. The highest BCUT2D eigenvalue weighted by molar-refractivity contribution is 5.57. The molecule has 0 aliphatic carbocycles. The van der Waals surface area contributed by atoms with Crippen LogP contribution in [0, 0.1) is 5.21 Å². The number of hydrogen-bond acceptors (Lipinski definition) is 4. The SMILES string of the molecule is O=CC1NCCN1[O-]. The monoisotopic (exact) mass is 115 g/mol. The van der Waals surface area contributed by atoms with Gasteiger partial charge in [-0.3, -0.25) is 5.32 Å². The second-order valence-electron chi connectivity index (χ2n) is 1.68. The Hall–Kier alpha value is -0.450.